The molecular weight excluding hydrogens is 504 g/mol. The molecule has 0 saturated carbocycles. The molecule has 36 heavy (non-hydrogen) atoms. The van der Waals surface area contributed by atoms with E-state index in [1.54, 1.807) is 54.2 Å². The van der Waals surface area contributed by atoms with Crippen molar-refractivity contribution in [3.8, 4) is 23.3 Å². The summed E-state index contributed by atoms with van der Waals surface area (Å²) in [5, 5.41) is 9.80. The number of thioether (sulfide) groups is 1. The quantitative estimate of drug-likeness (QED) is 0.192. The average Bonchev–Trinajstić information content (AvgIpc) is 3.32. The van der Waals surface area contributed by atoms with Gasteiger partial charge in [-0.2, -0.15) is 5.26 Å². The lowest BCUT2D eigenvalue weighted by molar-refractivity contribution is -0.121. The number of ether oxygens (including phenoxy) is 3. The van der Waals surface area contributed by atoms with Crippen molar-refractivity contribution in [1.29, 1.82) is 5.26 Å². The lowest BCUT2D eigenvalue weighted by Crippen LogP contribution is -2.19. The van der Waals surface area contributed by atoms with Crippen LogP contribution in [0.5, 0.6) is 17.2 Å². The summed E-state index contributed by atoms with van der Waals surface area (Å²) in [5.74, 6) is -0.904. The number of benzene rings is 3. The molecule has 1 atom stereocenters. The predicted molar refractivity (Wildman–Crippen MR) is 134 cm³/mol. The molecule has 3 aromatic carbocycles. The predicted octanol–water partition coefficient (Wildman–Crippen LogP) is 6.04. The summed E-state index contributed by atoms with van der Waals surface area (Å²) in [5.41, 5.74) is 1.40. The summed E-state index contributed by atoms with van der Waals surface area (Å²) >= 11 is 7.75. The van der Waals surface area contributed by atoms with Crippen molar-refractivity contribution in [1.82, 2.24) is 4.98 Å². The fourth-order valence-corrected chi connectivity index (χ4v) is 3.88. The van der Waals surface area contributed by atoms with Crippen molar-refractivity contribution < 1.29 is 28.2 Å². The van der Waals surface area contributed by atoms with Crippen LogP contribution in [-0.2, 0) is 9.53 Å². The minimum absolute atomic E-state index is 0.0400. The monoisotopic (exact) mass is 522 g/mol. The molecule has 0 aliphatic rings. The van der Waals surface area contributed by atoms with E-state index in [1.165, 1.54) is 13.2 Å². The van der Waals surface area contributed by atoms with Crippen molar-refractivity contribution in [3.05, 3.63) is 77.1 Å². The Hall–Kier alpha value is -4.00. The SMILES string of the molecule is COC(=O)c1ccc(Oc2ccc(OCC(=O)C(C#N)c3nc4ccc(SC)cc4o3)cc2)c(Cl)c1. The smallest absolute Gasteiger partial charge is 0.337 e. The summed E-state index contributed by atoms with van der Waals surface area (Å²) in [6.45, 7) is -0.339. The highest BCUT2D eigenvalue weighted by Gasteiger charge is 2.26. The van der Waals surface area contributed by atoms with E-state index in [9.17, 15) is 14.9 Å². The van der Waals surface area contributed by atoms with Crippen LogP contribution in [0, 0.1) is 11.3 Å². The number of Topliss-reactive ketones (excluding diaryl/α,β-unsaturated/α-hetero) is 1. The third-order valence-corrected chi connectivity index (χ3v) is 6.12. The van der Waals surface area contributed by atoms with Gasteiger partial charge in [0.05, 0.1) is 23.8 Å². The van der Waals surface area contributed by atoms with E-state index in [2.05, 4.69) is 9.72 Å². The lowest BCUT2D eigenvalue weighted by atomic mass is 10.1. The Morgan fingerprint density at radius 3 is 2.53 bits per heavy atom. The molecule has 0 saturated heterocycles. The van der Waals surface area contributed by atoms with Crippen LogP contribution in [0.3, 0.4) is 0 Å². The number of aromatic nitrogens is 1. The molecule has 1 aromatic heterocycles. The molecule has 10 heteroatoms. The Kier molecular flexibility index (Phi) is 7.78. The highest BCUT2D eigenvalue weighted by molar-refractivity contribution is 7.98. The van der Waals surface area contributed by atoms with E-state index in [1.807, 2.05) is 24.5 Å². The van der Waals surface area contributed by atoms with Gasteiger partial charge in [0, 0.05) is 4.90 Å². The molecule has 0 aliphatic heterocycles. The molecule has 4 aromatic rings. The van der Waals surface area contributed by atoms with Crippen LogP contribution in [0.15, 0.2) is 70.0 Å². The summed E-state index contributed by atoms with van der Waals surface area (Å²) in [6, 6.07) is 18.5. The van der Waals surface area contributed by atoms with E-state index < -0.39 is 17.7 Å². The molecule has 0 radical (unpaired) electrons. The lowest BCUT2D eigenvalue weighted by Gasteiger charge is -2.10. The number of carbonyl (C=O) groups excluding carboxylic acids is 2. The van der Waals surface area contributed by atoms with Gasteiger partial charge in [-0.05, 0) is 66.9 Å². The van der Waals surface area contributed by atoms with Crippen LogP contribution >= 0.6 is 23.4 Å². The number of nitriles is 1. The van der Waals surface area contributed by atoms with Crippen molar-refractivity contribution in [2.45, 2.75) is 10.8 Å². The van der Waals surface area contributed by atoms with Gasteiger partial charge in [-0.3, -0.25) is 4.79 Å². The molecule has 0 spiro atoms. The highest BCUT2D eigenvalue weighted by Crippen LogP contribution is 2.31. The van der Waals surface area contributed by atoms with Gasteiger partial charge >= 0.3 is 5.97 Å². The first kappa shape index (κ1) is 25.1. The van der Waals surface area contributed by atoms with E-state index in [-0.39, 0.29) is 17.5 Å². The van der Waals surface area contributed by atoms with Crippen LogP contribution in [-0.4, -0.2) is 36.7 Å². The molecule has 8 nitrogen and oxygen atoms in total. The van der Waals surface area contributed by atoms with E-state index in [0.717, 1.165) is 4.90 Å². The molecule has 0 bridgehead atoms. The summed E-state index contributed by atoms with van der Waals surface area (Å²) in [6.07, 6.45) is 1.94. The molecule has 1 heterocycles. The minimum atomic E-state index is -1.19. The fourth-order valence-electron chi connectivity index (χ4n) is 3.24. The Balaban J connectivity index is 1.38. The van der Waals surface area contributed by atoms with Crippen molar-refractivity contribution >= 4 is 46.2 Å². The maximum absolute atomic E-state index is 12.7. The Labute approximate surface area is 215 Å². The fraction of sp³-hybridized carbons (Fsp3) is 0.154. The Bertz CT molecular complexity index is 1460. The zero-order valence-corrected chi connectivity index (χ0v) is 20.8. The zero-order valence-electron chi connectivity index (χ0n) is 19.2. The largest absolute Gasteiger partial charge is 0.486 e. The van der Waals surface area contributed by atoms with Crippen molar-refractivity contribution in [2.24, 2.45) is 0 Å². The van der Waals surface area contributed by atoms with Gasteiger partial charge in [0.15, 0.2) is 17.3 Å². The summed E-state index contributed by atoms with van der Waals surface area (Å²) in [7, 11) is 1.29. The first-order chi connectivity index (χ1) is 17.4. The number of fused-ring (bicyclic) bond motifs is 1. The Morgan fingerprint density at radius 2 is 1.86 bits per heavy atom. The number of rotatable bonds is 9. The van der Waals surface area contributed by atoms with E-state index >= 15 is 0 Å². The second-order valence-electron chi connectivity index (χ2n) is 7.41. The summed E-state index contributed by atoms with van der Waals surface area (Å²) in [4.78, 5) is 29.5. The second-order valence-corrected chi connectivity index (χ2v) is 8.70. The first-order valence-electron chi connectivity index (χ1n) is 10.6. The van der Waals surface area contributed by atoms with Gasteiger partial charge in [-0.15, -0.1) is 11.8 Å². The van der Waals surface area contributed by atoms with Crippen molar-refractivity contribution in [2.75, 3.05) is 20.0 Å². The maximum atomic E-state index is 12.7. The first-order valence-corrected chi connectivity index (χ1v) is 12.2. The number of hydrogen-bond acceptors (Lipinski definition) is 9. The van der Waals surface area contributed by atoms with E-state index in [4.69, 9.17) is 25.5 Å². The number of carbonyl (C=O) groups is 2. The van der Waals surface area contributed by atoms with Crippen LogP contribution in [0.1, 0.15) is 22.2 Å². The normalized spacial score (nSPS) is 11.5. The van der Waals surface area contributed by atoms with Gasteiger partial charge in [0.1, 0.15) is 29.4 Å². The molecular formula is C26H19ClN2O6S. The van der Waals surface area contributed by atoms with Crippen LogP contribution in [0.25, 0.3) is 11.1 Å². The third kappa shape index (κ3) is 5.62. The van der Waals surface area contributed by atoms with Gasteiger partial charge in [-0.25, -0.2) is 9.78 Å². The van der Waals surface area contributed by atoms with Gasteiger partial charge in [-0.1, -0.05) is 11.6 Å². The molecule has 0 aliphatic carbocycles. The van der Waals surface area contributed by atoms with Crippen molar-refractivity contribution in [3.63, 3.8) is 0 Å². The highest BCUT2D eigenvalue weighted by atomic mass is 35.5. The van der Waals surface area contributed by atoms with E-state index in [0.29, 0.717) is 33.9 Å². The average molecular weight is 523 g/mol. The van der Waals surface area contributed by atoms with Crippen LogP contribution < -0.4 is 9.47 Å². The number of nitrogens with zero attached hydrogens (tertiary/aromatic N) is 2. The topological polar surface area (TPSA) is 112 Å². The molecule has 1 unspecified atom stereocenters. The van der Waals surface area contributed by atoms with Crippen LogP contribution in [0.4, 0.5) is 0 Å². The number of oxazole rings is 1. The summed E-state index contributed by atoms with van der Waals surface area (Å²) < 4.78 is 21.6. The number of hydrogen-bond donors (Lipinski definition) is 0. The maximum Gasteiger partial charge on any atom is 0.337 e. The molecule has 0 N–H and O–H groups in total. The Morgan fingerprint density at radius 1 is 1.11 bits per heavy atom. The van der Waals surface area contributed by atoms with Crippen LogP contribution in [0.2, 0.25) is 5.02 Å². The van der Waals surface area contributed by atoms with Gasteiger partial charge in [0.25, 0.3) is 0 Å². The van der Waals surface area contributed by atoms with Gasteiger partial charge < -0.3 is 18.6 Å². The molecule has 0 fully saturated rings. The second kappa shape index (κ2) is 11.2. The molecule has 182 valence electrons. The third-order valence-electron chi connectivity index (χ3n) is 5.10. The number of methoxy groups -OCH3 is 1. The number of ketones is 1. The molecule has 4 rings (SSSR count). The number of halogens is 1. The number of esters is 1. The minimum Gasteiger partial charge on any atom is -0.486 e. The standard InChI is InChI=1S/C26H19ClN2O6S/c1-32-26(31)15-3-10-23(20(27)11-15)34-17-6-4-16(5-7-17)33-14-22(30)19(13-28)25-29-21-9-8-18(36-2)12-24(21)35-25/h3-12,19H,14H2,1-2H3. The zero-order chi connectivity index (χ0) is 25.7. The molecule has 0 amide bonds. The van der Waals surface area contributed by atoms with Gasteiger partial charge in [0.2, 0.25) is 5.89 Å².